The van der Waals surface area contributed by atoms with Crippen molar-refractivity contribution in [2.24, 2.45) is 11.7 Å². The number of amides is 2. The van der Waals surface area contributed by atoms with E-state index in [0.29, 0.717) is 30.7 Å². The van der Waals surface area contributed by atoms with Gasteiger partial charge < -0.3 is 16.0 Å². The zero-order chi connectivity index (χ0) is 16.1. The van der Waals surface area contributed by atoms with E-state index in [4.69, 9.17) is 5.73 Å². The van der Waals surface area contributed by atoms with Crippen LogP contribution in [0.5, 0.6) is 0 Å². The Morgan fingerprint density at radius 1 is 1.39 bits per heavy atom. The molecule has 1 aromatic carbocycles. The number of nitrogens with zero attached hydrogens (tertiary/aromatic N) is 1. The van der Waals surface area contributed by atoms with Gasteiger partial charge in [-0.1, -0.05) is 15.9 Å². The molecule has 0 aromatic heterocycles. The van der Waals surface area contributed by atoms with Crippen LogP contribution in [0.2, 0.25) is 0 Å². The van der Waals surface area contributed by atoms with Crippen LogP contribution in [-0.4, -0.2) is 42.9 Å². The molecule has 2 rings (SSSR count). The van der Waals surface area contributed by atoms with Crippen molar-refractivity contribution in [3.63, 3.8) is 0 Å². The molecule has 0 aliphatic carbocycles. The van der Waals surface area contributed by atoms with Crippen molar-refractivity contribution in [2.45, 2.75) is 12.8 Å². The van der Waals surface area contributed by atoms with Crippen LogP contribution < -0.4 is 11.1 Å². The summed E-state index contributed by atoms with van der Waals surface area (Å²) in [6.07, 6.45) is 1.50. The first-order valence-corrected chi connectivity index (χ1v) is 8.03. The Labute approximate surface area is 149 Å². The highest BCUT2D eigenvalue weighted by Crippen LogP contribution is 2.21. The maximum absolute atomic E-state index is 13.4. The molecule has 1 unspecified atom stereocenters. The Balaban J connectivity index is 0.00000264. The van der Waals surface area contributed by atoms with Crippen molar-refractivity contribution in [2.75, 3.05) is 26.2 Å². The van der Waals surface area contributed by atoms with Gasteiger partial charge >= 0.3 is 0 Å². The monoisotopic (exact) mass is 407 g/mol. The summed E-state index contributed by atoms with van der Waals surface area (Å²) in [5.74, 6) is -1.03. The summed E-state index contributed by atoms with van der Waals surface area (Å²) in [5.41, 5.74) is 5.65. The third-order valence-corrected chi connectivity index (χ3v) is 4.09. The van der Waals surface area contributed by atoms with Gasteiger partial charge in [-0.3, -0.25) is 9.59 Å². The number of hydrogen-bond donors (Lipinski definition) is 2. The van der Waals surface area contributed by atoms with Gasteiger partial charge in [-0.25, -0.2) is 4.39 Å². The molecule has 0 bridgehead atoms. The van der Waals surface area contributed by atoms with Gasteiger partial charge in [0.05, 0.1) is 5.92 Å². The zero-order valence-corrected chi connectivity index (χ0v) is 15.0. The smallest absolute Gasteiger partial charge is 0.254 e. The number of hydrogen-bond acceptors (Lipinski definition) is 3. The van der Waals surface area contributed by atoms with E-state index in [9.17, 15) is 14.0 Å². The summed E-state index contributed by atoms with van der Waals surface area (Å²) < 4.78 is 13.9. The van der Waals surface area contributed by atoms with Crippen LogP contribution >= 0.6 is 28.3 Å². The Hall–Kier alpha value is -1.18. The van der Waals surface area contributed by atoms with Gasteiger partial charge in [0.15, 0.2) is 0 Å². The van der Waals surface area contributed by atoms with E-state index in [0.717, 1.165) is 12.8 Å². The SMILES string of the molecule is Cl.NCCNC(=O)C1CCCN(C(=O)c2cc(F)cc(Br)c2)C1. The lowest BCUT2D eigenvalue weighted by molar-refractivity contribution is -0.126. The molecule has 1 aromatic rings. The Morgan fingerprint density at radius 3 is 2.78 bits per heavy atom. The summed E-state index contributed by atoms with van der Waals surface area (Å²) in [6.45, 7) is 1.75. The van der Waals surface area contributed by atoms with Crippen molar-refractivity contribution < 1.29 is 14.0 Å². The average molecular weight is 409 g/mol. The molecule has 1 aliphatic heterocycles. The number of carbonyl (C=O) groups excluding carboxylic acids is 2. The van der Waals surface area contributed by atoms with Crippen LogP contribution in [0.3, 0.4) is 0 Å². The molecular weight excluding hydrogens is 389 g/mol. The van der Waals surface area contributed by atoms with Crippen LogP contribution in [0.1, 0.15) is 23.2 Å². The first-order chi connectivity index (χ1) is 10.5. The first-order valence-electron chi connectivity index (χ1n) is 7.24. The fourth-order valence-corrected chi connectivity index (χ4v) is 3.04. The number of likely N-dealkylation sites (tertiary alicyclic amines) is 1. The highest BCUT2D eigenvalue weighted by atomic mass is 79.9. The number of carbonyl (C=O) groups is 2. The molecule has 1 atom stereocenters. The predicted octanol–water partition coefficient (Wildman–Crippen LogP) is 1.94. The Morgan fingerprint density at radius 2 is 2.13 bits per heavy atom. The molecule has 1 saturated heterocycles. The van der Waals surface area contributed by atoms with Gasteiger partial charge in [0.2, 0.25) is 5.91 Å². The summed E-state index contributed by atoms with van der Waals surface area (Å²) in [5, 5.41) is 2.75. The van der Waals surface area contributed by atoms with Gasteiger partial charge in [-0.2, -0.15) is 0 Å². The van der Waals surface area contributed by atoms with Crippen molar-refractivity contribution >= 4 is 40.2 Å². The molecule has 0 saturated carbocycles. The Kier molecular flexibility index (Phi) is 7.94. The number of nitrogens with two attached hydrogens (primary N) is 1. The summed E-state index contributed by atoms with van der Waals surface area (Å²) >= 11 is 3.18. The van der Waals surface area contributed by atoms with E-state index in [-0.39, 0.29) is 35.7 Å². The highest BCUT2D eigenvalue weighted by Gasteiger charge is 2.28. The zero-order valence-electron chi connectivity index (χ0n) is 12.6. The second-order valence-corrected chi connectivity index (χ2v) is 6.24. The second-order valence-electron chi connectivity index (χ2n) is 5.33. The third-order valence-electron chi connectivity index (χ3n) is 3.63. The van der Waals surface area contributed by atoms with Crippen LogP contribution in [-0.2, 0) is 4.79 Å². The van der Waals surface area contributed by atoms with Crippen molar-refractivity contribution in [3.05, 3.63) is 34.1 Å². The minimum absolute atomic E-state index is 0. The number of nitrogens with one attached hydrogen (secondary N) is 1. The Bertz CT molecular complexity index is 553. The standard InChI is InChI=1S/C15H19BrFN3O2.ClH/c16-12-6-11(7-13(17)8-12)15(22)20-5-1-2-10(9-20)14(21)19-4-3-18;/h6-8,10H,1-5,9,18H2,(H,19,21);1H. The summed E-state index contributed by atoms with van der Waals surface area (Å²) in [7, 11) is 0. The van der Waals surface area contributed by atoms with Gasteiger partial charge in [-0.05, 0) is 31.0 Å². The second kappa shape index (κ2) is 9.20. The minimum Gasteiger partial charge on any atom is -0.355 e. The lowest BCUT2D eigenvalue weighted by Gasteiger charge is -2.32. The van der Waals surface area contributed by atoms with E-state index < -0.39 is 5.82 Å². The van der Waals surface area contributed by atoms with Gasteiger partial charge in [0, 0.05) is 36.2 Å². The number of piperidine rings is 1. The van der Waals surface area contributed by atoms with E-state index in [1.54, 1.807) is 11.0 Å². The molecular formula is C15H20BrClFN3O2. The van der Waals surface area contributed by atoms with Crippen LogP contribution in [0, 0.1) is 11.7 Å². The molecule has 1 heterocycles. The van der Waals surface area contributed by atoms with Crippen molar-refractivity contribution in [1.82, 2.24) is 10.2 Å². The number of halogens is 3. The summed E-state index contributed by atoms with van der Waals surface area (Å²) in [4.78, 5) is 26.1. The van der Waals surface area contributed by atoms with Crippen LogP contribution in [0.15, 0.2) is 22.7 Å². The van der Waals surface area contributed by atoms with Crippen molar-refractivity contribution in [1.29, 1.82) is 0 Å². The predicted molar refractivity (Wildman–Crippen MR) is 92.0 cm³/mol. The lowest BCUT2D eigenvalue weighted by atomic mass is 9.96. The topological polar surface area (TPSA) is 75.4 Å². The van der Waals surface area contributed by atoms with Crippen molar-refractivity contribution in [3.8, 4) is 0 Å². The number of benzene rings is 1. The molecule has 5 nitrogen and oxygen atoms in total. The van der Waals surface area contributed by atoms with E-state index >= 15 is 0 Å². The molecule has 2 amide bonds. The fraction of sp³-hybridized carbons (Fsp3) is 0.467. The molecule has 3 N–H and O–H groups in total. The minimum atomic E-state index is -0.466. The number of rotatable bonds is 4. The lowest BCUT2D eigenvalue weighted by Crippen LogP contribution is -2.46. The van der Waals surface area contributed by atoms with Gasteiger partial charge in [0.1, 0.15) is 5.82 Å². The summed E-state index contributed by atoms with van der Waals surface area (Å²) in [6, 6.07) is 4.10. The van der Waals surface area contributed by atoms with Gasteiger partial charge in [0.25, 0.3) is 5.91 Å². The maximum atomic E-state index is 13.4. The molecule has 0 spiro atoms. The molecule has 23 heavy (non-hydrogen) atoms. The first kappa shape index (κ1) is 19.9. The third kappa shape index (κ3) is 5.44. The molecule has 1 fully saturated rings. The molecule has 128 valence electrons. The normalized spacial score (nSPS) is 17.3. The van der Waals surface area contributed by atoms with Crippen LogP contribution in [0.25, 0.3) is 0 Å². The van der Waals surface area contributed by atoms with E-state index in [2.05, 4.69) is 21.2 Å². The quantitative estimate of drug-likeness (QED) is 0.799. The maximum Gasteiger partial charge on any atom is 0.254 e. The fourth-order valence-electron chi connectivity index (χ4n) is 2.58. The molecule has 1 aliphatic rings. The van der Waals surface area contributed by atoms with E-state index in [1.807, 2.05) is 0 Å². The molecule has 8 heteroatoms. The van der Waals surface area contributed by atoms with Crippen LogP contribution in [0.4, 0.5) is 4.39 Å². The largest absolute Gasteiger partial charge is 0.355 e. The average Bonchev–Trinajstić information content (AvgIpc) is 2.51. The van der Waals surface area contributed by atoms with Gasteiger partial charge in [-0.15, -0.1) is 12.4 Å². The highest BCUT2D eigenvalue weighted by molar-refractivity contribution is 9.10. The van der Waals surface area contributed by atoms with E-state index in [1.165, 1.54) is 12.1 Å². The molecule has 0 radical (unpaired) electrons.